The lowest BCUT2D eigenvalue weighted by Crippen LogP contribution is -2.38. The number of methoxy groups -OCH3 is 1. The molecule has 1 saturated heterocycles. The van der Waals surface area contributed by atoms with Crippen LogP contribution in [0.15, 0.2) is 18.2 Å². The number of alkyl halides is 3. The van der Waals surface area contributed by atoms with Crippen molar-refractivity contribution < 1.29 is 17.9 Å². The molecule has 0 atom stereocenters. The van der Waals surface area contributed by atoms with Crippen LogP contribution in [0, 0.1) is 5.92 Å². The molecule has 0 spiro atoms. The van der Waals surface area contributed by atoms with Gasteiger partial charge in [0.05, 0.1) is 13.0 Å². The first-order chi connectivity index (χ1) is 9.38. The first-order valence-electron chi connectivity index (χ1n) is 6.61. The Kier molecular flexibility index (Phi) is 4.42. The Morgan fingerprint density at radius 1 is 1.25 bits per heavy atom. The Labute approximate surface area is 116 Å². The molecule has 1 aliphatic heterocycles. The third kappa shape index (κ3) is 3.79. The number of rotatable bonds is 3. The summed E-state index contributed by atoms with van der Waals surface area (Å²) < 4.78 is 42.9. The molecule has 0 aromatic heterocycles. The Bertz CT molecular complexity index is 454. The molecule has 0 radical (unpaired) electrons. The SMILES string of the molecule is COc1cc(N)cc(CN2CCC(C(F)(F)F)CC2)c1. The van der Waals surface area contributed by atoms with Crippen molar-refractivity contribution in [3.05, 3.63) is 23.8 Å². The summed E-state index contributed by atoms with van der Waals surface area (Å²) in [7, 11) is 1.56. The summed E-state index contributed by atoms with van der Waals surface area (Å²) in [6, 6.07) is 5.42. The van der Waals surface area contributed by atoms with Crippen molar-refractivity contribution in [2.45, 2.75) is 25.6 Å². The van der Waals surface area contributed by atoms with Gasteiger partial charge in [0.15, 0.2) is 0 Å². The third-order valence-electron chi connectivity index (χ3n) is 3.68. The number of hydrogen-bond acceptors (Lipinski definition) is 3. The highest BCUT2D eigenvalue weighted by atomic mass is 19.4. The van der Waals surface area contributed by atoms with Gasteiger partial charge in [-0.1, -0.05) is 0 Å². The normalized spacial score (nSPS) is 18.2. The van der Waals surface area contributed by atoms with Gasteiger partial charge < -0.3 is 10.5 Å². The van der Waals surface area contributed by atoms with Gasteiger partial charge in [-0.2, -0.15) is 13.2 Å². The maximum absolute atomic E-state index is 12.6. The number of halogens is 3. The minimum absolute atomic E-state index is 0.170. The lowest BCUT2D eigenvalue weighted by atomic mass is 9.96. The molecule has 2 rings (SSSR count). The maximum Gasteiger partial charge on any atom is 0.391 e. The Hall–Kier alpha value is -1.43. The topological polar surface area (TPSA) is 38.5 Å². The van der Waals surface area contributed by atoms with E-state index in [1.54, 1.807) is 13.2 Å². The van der Waals surface area contributed by atoms with Crippen LogP contribution < -0.4 is 10.5 Å². The molecule has 1 heterocycles. The minimum atomic E-state index is -4.06. The molecule has 1 aromatic rings. The average Bonchev–Trinajstić information content (AvgIpc) is 2.37. The van der Waals surface area contributed by atoms with Crippen molar-refractivity contribution >= 4 is 5.69 Å². The van der Waals surface area contributed by atoms with Gasteiger partial charge in [-0.3, -0.25) is 4.90 Å². The van der Waals surface area contributed by atoms with Crippen LogP contribution in [0.2, 0.25) is 0 Å². The number of anilines is 1. The fraction of sp³-hybridized carbons (Fsp3) is 0.571. The number of nitrogen functional groups attached to an aromatic ring is 1. The van der Waals surface area contributed by atoms with E-state index in [1.165, 1.54) is 0 Å². The van der Waals surface area contributed by atoms with E-state index in [4.69, 9.17) is 10.5 Å². The number of benzene rings is 1. The van der Waals surface area contributed by atoms with Crippen molar-refractivity contribution in [1.29, 1.82) is 0 Å². The van der Waals surface area contributed by atoms with Crippen molar-refractivity contribution in [2.24, 2.45) is 5.92 Å². The van der Waals surface area contributed by atoms with E-state index in [2.05, 4.69) is 0 Å². The van der Waals surface area contributed by atoms with E-state index in [1.807, 2.05) is 17.0 Å². The molecule has 0 saturated carbocycles. The second-order valence-electron chi connectivity index (χ2n) is 5.21. The van der Waals surface area contributed by atoms with Gasteiger partial charge in [-0.15, -0.1) is 0 Å². The molecule has 6 heteroatoms. The predicted molar refractivity (Wildman–Crippen MR) is 71.5 cm³/mol. The van der Waals surface area contributed by atoms with Crippen LogP contribution in [0.1, 0.15) is 18.4 Å². The monoisotopic (exact) mass is 288 g/mol. The largest absolute Gasteiger partial charge is 0.497 e. The van der Waals surface area contributed by atoms with E-state index in [0.717, 1.165) is 5.56 Å². The Morgan fingerprint density at radius 3 is 2.45 bits per heavy atom. The van der Waals surface area contributed by atoms with Gasteiger partial charge in [0.1, 0.15) is 5.75 Å². The van der Waals surface area contributed by atoms with Crippen LogP contribution in [0.25, 0.3) is 0 Å². The van der Waals surface area contributed by atoms with E-state index in [-0.39, 0.29) is 12.8 Å². The zero-order valence-corrected chi connectivity index (χ0v) is 11.4. The lowest BCUT2D eigenvalue weighted by molar-refractivity contribution is -0.185. The number of hydrogen-bond donors (Lipinski definition) is 1. The molecule has 3 nitrogen and oxygen atoms in total. The summed E-state index contributed by atoms with van der Waals surface area (Å²) in [5.74, 6) is -0.487. The minimum Gasteiger partial charge on any atom is -0.497 e. The van der Waals surface area contributed by atoms with Crippen LogP contribution >= 0.6 is 0 Å². The number of ether oxygens (including phenoxy) is 1. The molecule has 1 fully saturated rings. The number of likely N-dealkylation sites (tertiary alicyclic amines) is 1. The lowest BCUT2D eigenvalue weighted by Gasteiger charge is -2.32. The zero-order valence-electron chi connectivity index (χ0n) is 11.4. The first kappa shape index (κ1) is 15.0. The molecule has 20 heavy (non-hydrogen) atoms. The van der Waals surface area contributed by atoms with Crippen LogP contribution in [-0.2, 0) is 6.54 Å². The summed E-state index contributed by atoms with van der Waals surface area (Å²) in [5.41, 5.74) is 7.34. The molecule has 1 aromatic carbocycles. The van der Waals surface area contributed by atoms with E-state index in [9.17, 15) is 13.2 Å². The Balaban J connectivity index is 1.94. The van der Waals surface area contributed by atoms with Gasteiger partial charge in [-0.05, 0) is 43.6 Å². The first-order valence-corrected chi connectivity index (χ1v) is 6.61. The van der Waals surface area contributed by atoms with Crippen LogP contribution in [-0.4, -0.2) is 31.3 Å². The molecular formula is C14H19F3N2O. The van der Waals surface area contributed by atoms with E-state index >= 15 is 0 Å². The zero-order chi connectivity index (χ0) is 14.8. The van der Waals surface area contributed by atoms with Crippen molar-refractivity contribution in [2.75, 3.05) is 25.9 Å². The average molecular weight is 288 g/mol. The number of nitrogens with zero attached hydrogens (tertiary/aromatic N) is 1. The summed E-state index contributed by atoms with van der Waals surface area (Å²) in [4.78, 5) is 2.02. The van der Waals surface area contributed by atoms with Crippen LogP contribution in [0.4, 0.5) is 18.9 Å². The van der Waals surface area contributed by atoms with Gasteiger partial charge in [0, 0.05) is 18.3 Å². The van der Waals surface area contributed by atoms with Crippen molar-refractivity contribution in [3.8, 4) is 5.75 Å². The molecule has 0 bridgehead atoms. The number of piperidine rings is 1. The summed E-state index contributed by atoms with van der Waals surface area (Å²) in [5, 5.41) is 0. The summed E-state index contributed by atoms with van der Waals surface area (Å²) in [6.45, 7) is 1.52. The molecule has 112 valence electrons. The van der Waals surface area contributed by atoms with Gasteiger partial charge in [-0.25, -0.2) is 0 Å². The second-order valence-corrected chi connectivity index (χ2v) is 5.21. The molecule has 2 N–H and O–H groups in total. The van der Waals surface area contributed by atoms with Crippen LogP contribution in [0.5, 0.6) is 5.75 Å². The fourth-order valence-corrected chi connectivity index (χ4v) is 2.57. The van der Waals surface area contributed by atoms with Gasteiger partial charge in [0.25, 0.3) is 0 Å². The van der Waals surface area contributed by atoms with Gasteiger partial charge >= 0.3 is 6.18 Å². The highest BCUT2D eigenvalue weighted by Gasteiger charge is 2.40. The highest BCUT2D eigenvalue weighted by molar-refractivity contribution is 5.47. The molecular weight excluding hydrogens is 269 g/mol. The summed E-state index contributed by atoms with van der Waals surface area (Å²) >= 11 is 0. The highest BCUT2D eigenvalue weighted by Crippen LogP contribution is 2.34. The maximum atomic E-state index is 12.6. The quantitative estimate of drug-likeness (QED) is 0.869. The Morgan fingerprint density at radius 2 is 1.90 bits per heavy atom. The van der Waals surface area contributed by atoms with Crippen molar-refractivity contribution in [1.82, 2.24) is 4.90 Å². The van der Waals surface area contributed by atoms with E-state index in [0.29, 0.717) is 31.1 Å². The molecule has 1 aliphatic rings. The molecule has 0 amide bonds. The van der Waals surface area contributed by atoms with E-state index < -0.39 is 12.1 Å². The van der Waals surface area contributed by atoms with Gasteiger partial charge in [0.2, 0.25) is 0 Å². The predicted octanol–water partition coefficient (Wildman–Crippen LogP) is 3.05. The summed E-state index contributed by atoms with van der Waals surface area (Å²) in [6.07, 6.45) is -3.72. The van der Waals surface area contributed by atoms with Crippen molar-refractivity contribution in [3.63, 3.8) is 0 Å². The van der Waals surface area contributed by atoms with Crippen LogP contribution in [0.3, 0.4) is 0 Å². The second kappa shape index (κ2) is 5.91. The fourth-order valence-electron chi connectivity index (χ4n) is 2.57. The molecule has 0 aliphatic carbocycles. The smallest absolute Gasteiger partial charge is 0.391 e. The standard InChI is InChI=1S/C14H19F3N2O/c1-20-13-7-10(6-12(18)8-13)9-19-4-2-11(3-5-19)14(15,16)17/h6-8,11H,2-5,9,18H2,1H3. The molecule has 0 unspecified atom stereocenters. The number of nitrogens with two attached hydrogens (primary N) is 1. The third-order valence-corrected chi connectivity index (χ3v) is 3.68.